The van der Waals surface area contributed by atoms with Crippen LogP contribution in [0.5, 0.6) is 0 Å². The Hall–Kier alpha value is -2.02. The zero-order valence-electron chi connectivity index (χ0n) is 17.0. The lowest BCUT2D eigenvalue weighted by Crippen LogP contribution is -2.24. The van der Waals surface area contributed by atoms with Crippen molar-refractivity contribution in [2.75, 3.05) is 0 Å². The summed E-state index contributed by atoms with van der Waals surface area (Å²) in [5.74, 6) is 1.37. The van der Waals surface area contributed by atoms with Gasteiger partial charge in [0.1, 0.15) is 0 Å². The van der Waals surface area contributed by atoms with Crippen LogP contribution in [0.15, 0.2) is 47.6 Å². The van der Waals surface area contributed by atoms with Crippen LogP contribution in [0.1, 0.15) is 43.1 Å². The van der Waals surface area contributed by atoms with Crippen molar-refractivity contribution in [2.24, 2.45) is 0 Å². The number of hydrogen-bond acceptors (Lipinski definition) is 4. The zero-order valence-corrected chi connectivity index (χ0v) is 19.3. The van der Waals surface area contributed by atoms with Gasteiger partial charge in [0.05, 0.1) is 17.3 Å². The number of carbonyl (C=O) groups excluding carboxylic acids is 1. The number of thioether (sulfide) groups is 1. The predicted octanol–water partition coefficient (Wildman–Crippen LogP) is 5.98. The van der Waals surface area contributed by atoms with E-state index in [0.717, 1.165) is 24.3 Å². The molecule has 158 valence electrons. The SMILES string of the molecule is CCCCC(=O)NCc1nnc(SCc2cccc(C)c2)n1-c1ccc(Cl)cc1Cl. The molecule has 2 aromatic carbocycles. The molecular formula is C22H24Cl2N4OS. The fourth-order valence-electron chi connectivity index (χ4n) is 2.97. The van der Waals surface area contributed by atoms with E-state index in [2.05, 4.69) is 47.6 Å². The van der Waals surface area contributed by atoms with Gasteiger partial charge in [-0.3, -0.25) is 9.36 Å². The second-order valence-electron chi connectivity index (χ2n) is 6.99. The van der Waals surface area contributed by atoms with Crippen LogP contribution in [-0.4, -0.2) is 20.7 Å². The monoisotopic (exact) mass is 462 g/mol. The van der Waals surface area contributed by atoms with Gasteiger partial charge in [0.15, 0.2) is 11.0 Å². The van der Waals surface area contributed by atoms with Crippen molar-refractivity contribution in [3.63, 3.8) is 0 Å². The van der Waals surface area contributed by atoms with Gasteiger partial charge in [-0.25, -0.2) is 0 Å². The minimum absolute atomic E-state index is 0.00238. The van der Waals surface area contributed by atoms with Gasteiger partial charge < -0.3 is 5.32 Å². The van der Waals surface area contributed by atoms with E-state index in [9.17, 15) is 4.79 Å². The molecule has 0 aliphatic heterocycles. The summed E-state index contributed by atoms with van der Waals surface area (Å²) in [6.07, 6.45) is 2.34. The first-order chi connectivity index (χ1) is 14.5. The molecule has 1 heterocycles. The third kappa shape index (κ3) is 6.00. The Morgan fingerprint density at radius 3 is 2.73 bits per heavy atom. The van der Waals surface area contributed by atoms with Crippen LogP contribution < -0.4 is 5.32 Å². The van der Waals surface area contributed by atoms with Gasteiger partial charge in [-0.05, 0) is 37.1 Å². The number of halogens is 2. The van der Waals surface area contributed by atoms with E-state index < -0.39 is 0 Å². The maximum atomic E-state index is 12.1. The lowest BCUT2D eigenvalue weighted by atomic mass is 10.2. The van der Waals surface area contributed by atoms with Gasteiger partial charge in [-0.15, -0.1) is 10.2 Å². The molecule has 0 radical (unpaired) electrons. The Morgan fingerprint density at radius 1 is 1.17 bits per heavy atom. The minimum atomic E-state index is 0.00238. The van der Waals surface area contributed by atoms with Gasteiger partial charge in [0.2, 0.25) is 5.91 Å². The summed E-state index contributed by atoms with van der Waals surface area (Å²) in [6.45, 7) is 4.41. The van der Waals surface area contributed by atoms with Gasteiger partial charge in [0, 0.05) is 17.2 Å². The van der Waals surface area contributed by atoms with Gasteiger partial charge >= 0.3 is 0 Å². The van der Waals surface area contributed by atoms with E-state index in [4.69, 9.17) is 23.2 Å². The molecule has 0 aliphatic carbocycles. The zero-order chi connectivity index (χ0) is 21.5. The summed E-state index contributed by atoms with van der Waals surface area (Å²) in [6, 6.07) is 13.7. The molecule has 1 aromatic heterocycles. The van der Waals surface area contributed by atoms with Gasteiger partial charge in [-0.2, -0.15) is 0 Å². The Bertz CT molecular complexity index is 1020. The van der Waals surface area contributed by atoms with Crippen molar-refractivity contribution < 1.29 is 4.79 Å². The van der Waals surface area contributed by atoms with E-state index in [-0.39, 0.29) is 12.5 Å². The number of unbranched alkanes of at least 4 members (excludes halogenated alkanes) is 1. The Labute approximate surface area is 191 Å². The highest BCUT2D eigenvalue weighted by Crippen LogP contribution is 2.30. The van der Waals surface area contributed by atoms with Crippen molar-refractivity contribution in [3.8, 4) is 5.69 Å². The molecule has 3 aromatic rings. The number of aromatic nitrogens is 3. The summed E-state index contributed by atoms with van der Waals surface area (Å²) in [5, 5.41) is 13.4. The second kappa shape index (κ2) is 10.8. The highest BCUT2D eigenvalue weighted by atomic mass is 35.5. The maximum absolute atomic E-state index is 12.1. The van der Waals surface area contributed by atoms with Gasteiger partial charge in [0.25, 0.3) is 0 Å². The van der Waals surface area contributed by atoms with E-state index in [1.807, 2.05) is 16.7 Å². The molecule has 0 spiro atoms. The van der Waals surface area contributed by atoms with Crippen LogP contribution in [0.3, 0.4) is 0 Å². The lowest BCUT2D eigenvalue weighted by Gasteiger charge is -2.13. The number of hydrogen-bond donors (Lipinski definition) is 1. The summed E-state index contributed by atoms with van der Waals surface area (Å²) < 4.78 is 1.89. The van der Waals surface area contributed by atoms with Gasteiger partial charge in [-0.1, -0.05) is 78.1 Å². The highest BCUT2D eigenvalue weighted by Gasteiger charge is 2.18. The van der Waals surface area contributed by atoms with Crippen molar-refractivity contribution >= 4 is 40.9 Å². The normalized spacial score (nSPS) is 10.9. The minimum Gasteiger partial charge on any atom is -0.349 e. The average molecular weight is 463 g/mol. The topological polar surface area (TPSA) is 59.8 Å². The molecule has 0 saturated carbocycles. The number of nitrogens with one attached hydrogen (secondary N) is 1. The lowest BCUT2D eigenvalue weighted by molar-refractivity contribution is -0.121. The first-order valence-electron chi connectivity index (χ1n) is 9.82. The first kappa shape index (κ1) is 22.7. The third-order valence-corrected chi connectivity index (χ3v) is 6.04. The molecule has 8 heteroatoms. The number of amides is 1. The van der Waals surface area contributed by atoms with Crippen molar-refractivity contribution in [2.45, 2.75) is 50.6 Å². The molecule has 30 heavy (non-hydrogen) atoms. The van der Waals surface area contributed by atoms with Crippen LogP contribution in [0.2, 0.25) is 10.0 Å². The quantitative estimate of drug-likeness (QED) is 0.397. The van der Waals surface area contributed by atoms with E-state index in [1.165, 1.54) is 11.1 Å². The van der Waals surface area contributed by atoms with Crippen LogP contribution in [0, 0.1) is 6.92 Å². The third-order valence-electron chi connectivity index (χ3n) is 4.50. The van der Waals surface area contributed by atoms with Crippen molar-refractivity contribution in [3.05, 3.63) is 69.5 Å². The fraction of sp³-hybridized carbons (Fsp3) is 0.318. The smallest absolute Gasteiger partial charge is 0.220 e. The number of nitrogens with zero attached hydrogens (tertiary/aromatic N) is 3. The Balaban J connectivity index is 1.86. The van der Waals surface area contributed by atoms with Crippen LogP contribution in [0.25, 0.3) is 5.69 Å². The summed E-state index contributed by atoms with van der Waals surface area (Å²) in [5.41, 5.74) is 3.15. The summed E-state index contributed by atoms with van der Waals surface area (Å²) in [4.78, 5) is 12.1. The van der Waals surface area contributed by atoms with Crippen LogP contribution in [-0.2, 0) is 17.1 Å². The molecule has 1 N–H and O–H groups in total. The second-order valence-corrected chi connectivity index (χ2v) is 8.77. The molecule has 0 atom stereocenters. The molecule has 0 fully saturated rings. The highest BCUT2D eigenvalue weighted by molar-refractivity contribution is 7.98. The van der Waals surface area contributed by atoms with Crippen LogP contribution >= 0.6 is 35.0 Å². The average Bonchev–Trinajstić information content (AvgIpc) is 3.12. The number of carbonyl (C=O) groups is 1. The predicted molar refractivity (Wildman–Crippen MR) is 123 cm³/mol. The Kier molecular flexibility index (Phi) is 8.19. The molecule has 3 rings (SSSR count). The van der Waals surface area contributed by atoms with Crippen molar-refractivity contribution in [1.82, 2.24) is 20.1 Å². The Morgan fingerprint density at radius 2 is 2.00 bits per heavy atom. The fourth-order valence-corrected chi connectivity index (χ4v) is 4.37. The summed E-state index contributed by atoms with van der Waals surface area (Å²) in [7, 11) is 0. The van der Waals surface area contributed by atoms with E-state index in [0.29, 0.717) is 27.4 Å². The largest absolute Gasteiger partial charge is 0.349 e. The molecule has 5 nitrogen and oxygen atoms in total. The molecule has 0 saturated heterocycles. The first-order valence-corrected chi connectivity index (χ1v) is 11.6. The summed E-state index contributed by atoms with van der Waals surface area (Å²) >= 11 is 14.1. The molecule has 1 amide bonds. The number of aryl methyl sites for hydroxylation is 1. The maximum Gasteiger partial charge on any atom is 0.220 e. The van der Waals surface area contributed by atoms with Crippen LogP contribution in [0.4, 0.5) is 0 Å². The number of rotatable bonds is 9. The molecular weight excluding hydrogens is 439 g/mol. The molecule has 0 aliphatic rings. The van der Waals surface area contributed by atoms with E-state index >= 15 is 0 Å². The van der Waals surface area contributed by atoms with Crippen molar-refractivity contribution in [1.29, 1.82) is 0 Å². The molecule has 0 unspecified atom stereocenters. The standard InChI is InChI=1S/C22H24Cl2N4OS/c1-3-4-8-21(29)25-13-20-26-27-22(30-14-16-7-5-6-15(2)11-16)28(20)19-10-9-17(23)12-18(19)24/h5-7,9-12H,3-4,8,13-14H2,1-2H3,(H,25,29). The number of benzene rings is 2. The molecule has 0 bridgehead atoms. The van der Waals surface area contributed by atoms with E-state index in [1.54, 1.807) is 23.9 Å².